The van der Waals surface area contributed by atoms with Crippen LogP contribution in [0, 0.1) is 0 Å². The zero-order valence-corrected chi connectivity index (χ0v) is 7.95. The highest BCUT2D eigenvalue weighted by molar-refractivity contribution is 5.31. The fourth-order valence-electron chi connectivity index (χ4n) is 1.42. The van der Waals surface area contributed by atoms with Gasteiger partial charge in [0, 0.05) is 0 Å². The molecule has 0 aliphatic carbocycles. The van der Waals surface area contributed by atoms with Crippen molar-refractivity contribution >= 4 is 0 Å². The summed E-state index contributed by atoms with van der Waals surface area (Å²) in [5.41, 5.74) is 2.89. The van der Waals surface area contributed by atoms with Gasteiger partial charge in [0.15, 0.2) is 0 Å². The number of rotatable bonds is 4. The van der Waals surface area contributed by atoms with Crippen LogP contribution >= 0.6 is 0 Å². The van der Waals surface area contributed by atoms with E-state index in [1.54, 1.807) is 0 Å². The van der Waals surface area contributed by atoms with E-state index in [1.165, 1.54) is 5.56 Å². The Morgan fingerprint density at radius 2 is 1.77 bits per heavy atom. The van der Waals surface area contributed by atoms with Gasteiger partial charge >= 0.3 is 0 Å². The topological polar surface area (TPSA) is 40.5 Å². The average Bonchev–Trinajstić information content (AvgIpc) is 2.18. The minimum Gasteiger partial charge on any atom is -0.392 e. The molecule has 0 aliphatic heterocycles. The molecule has 0 bridgehead atoms. The molecule has 0 amide bonds. The molecule has 0 radical (unpaired) electrons. The monoisotopic (exact) mass is 180 g/mol. The van der Waals surface area contributed by atoms with Crippen LogP contribution in [0.4, 0.5) is 0 Å². The van der Waals surface area contributed by atoms with Gasteiger partial charge in [-0.15, -0.1) is 0 Å². The lowest BCUT2D eigenvalue weighted by atomic mass is 10.0. The third-order valence-corrected chi connectivity index (χ3v) is 2.15. The van der Waals surface area contributed by atoms with Crippen LogP contribution in [-0.2, 0) is 19.6 Å². The molecule has 2 N–H and O–H groups in total. The molecule has 0 spiro atoms. The van der Waals surface area contributed by atoms with Crippen LogP contribution in [0.5, 0.6) is 0 Å². The highest BCUT2D eigenvalue weighted by Crippen LogP contribution is 2.13. The molecule has 0 aliphatic rings. The van der Waals surface area contributed by atoms with E-state index in [0.717, 1.165) is 24.0 Å². The predicted molar refractivity (Wildman–Crippen MR) is 52.3 cm³/mol. The first-order chi connectivity index (χ1) is 6.31. The van der Waals surface area contributed by atoms with E-state index in [-0.39, 0.29) is 13.2 Å². The minimum atomic E-state index is 0.00228. The Hall–Kier alpha value is -0.860. The predicted octanol–water partition coefficient (Wildman–Crippen LogP) is 1.62. The molecule has 1 rings (SSSR count). The molecule has 72 valence electrons. The van der Waals surface area contributed by atoms with Crippen LogP contribution < -0.4 is 0 Å². The molecule has 13 heavy (non-hydrogen) atoms. The number of aliphatic hydroxyl groups excluding tert-OH is 2. The van der Waals surface area contributed by atoms with Gasteiger partial charge in [0.05, 0.1) is 13.2 Å². The SMILES string of the molecule is CCCc1ccc(CO)c(CO)c1. The summed E-state index contributed by atoms with van der Waals surface area (Å²) in [5.74, 6) is 0. The smallest absolute Gasteiger partial charge is 0.0685 e. The Balaban J connectivity index is 2.91. The van der Waals surface area contributed by atoms with E-state index in [9.17, 15) is 0 Å². The average molecular weight is 180 g/mol. The molecule has 0 atom stereocenters. The van der Waals surface area contributed by atoms with Crippen LogP contribution in [0.1, 0.15) is 30.0 Å². The lowest BCUT2D eigenvalue weighted by Crippen LogP contribution is -1.96. The normalized spacial score (nSPS) is 10.4. The molecule has 0 saturated heterocycles. The Bertz CT molecular complexity index is 269. The van der Waals surface area contributed by atoms with Crippen molar-refractivity contribution in [3.63, 3.8) is 0 Å². The molecule has 0 aromatic heterocycles. The van der Waals surface area contributed by atoms with Crippen molar-refractivity contribution in [3.8, 4) is 0 Å². The molecule has 0 saturated carbocycles. The van der Waals surface area contributed by atoms with E-state index in [1.807, 2.05) is 18.2 Å². The summed E-state index contributed by atoms with van der Waals surface area (Å²) in [6.45, 7) is 2.13. The second kappa shape index (κ2) is 5.00. The van der Waals surface area contributed by atoms with Crippen molar-refractivity contribution < 1.29 is 10.2 Å². The zero-order valence-electron chi connectivity index (χ0n) is 7.95. The molecule has 1 aromatic rings. The van der Waals surface area contributed by atoms with Crippen LogP contribution in [0.25, 0.3) is 0 Å². The fraction of sp³-hybridized carbons (Fsp3) is 0.455. The van der Waals surface area contributed by atoms with Crippen molar-refractivity contribution in [1.82, 2.24) is 0 Å². The van der Waals surface area contributed by atoms with E-state index in [2.05, 4.69) is 6.92 Å². The Morgan fingerprint density at radius 3 is 2.31 bits per heavy atom. The van der Waals surface area contributed by atoms with Crippen molar-refractivity contribution in [2.75, 3.05) is 0 Å². The zero-order chi connectivity index (χ0) is 9.68. The van der Waals surface area contributed by atoms with Gasteiger partial charge in [-0.1, -0.05) is 31.5 Å². The first-order valence-electron chi connectivity index (χ1n) is 4.64. The van der Waals surface area contributed by atoms with Gasteiger partial charge in [-0.05, 0) is 23.1 Å². The van der Waals surface area contributed by atoms with Crippen molar-refractivity contribution in [3.05, 3.63) is 34.9 Å². The van der Waals surface area contributed by atoms with E-state index < -0.39 is 0 Å². The Morgan fingerprint density at radius 1 is 1.08 bits per heavy atom. The highest BCUT2D eigenvalue weighted by Gasteiger charge is 2.01. The van der Waals surface area contributed by atoms with Crippen LogP contribution in [0.15, 0.2) is 18.2 Å². The molecular formula is C11H16O2. The maximum atomic E-state index is 9.03. The number of benzene rings is 1. The lowest BCUT2D eigenvalue weighted by Gasteiger charge is -2.06. The second-order valence-corrected chi connectivity index (χ2v) is 3.17. The molecule has 0 heterocycles. The Kier molecular flexibility index (Phi) is 3.93. The van der Waals surface area contributed by atoms with Gasteiger partial charge < -0.3 is 10.2 Å². The number of hydrogen-bond acceptors (Lipinski definition) is 2. The van der Waals surface area contributed by atoms with Gasteiger partial charge in [0.2, 0.25) is 0 Å². The molecular weight excluding hydrogens is 164 g/mol. The quantitative estimate of drug-likeness (QED) is 0.739. The standard InChI is InChI=1S/C11H16O2/c1-2-3-9-4-5-10(7-12)11(6-9)8-13/h4-6,12-13H,2-3,7-8H2,1H3. The van der Waals surface area contributed by atoms with Gasteiger partial charge in [-0.2, -0.15) is 0 Å². The van der Waals surface area contributed by atoms with E-state index in [0.29, 0.717) is 0 Å². The largest absolute Gasteiger partial charge is 0.392 e. The summed E-state index contributed by atoms with van der Waals surface area (Å²) in [7, 11) is 0. The summed E-state index contributed by atoms with van der Waals surface area (Å²) < 4.78 is 0. The molecule has 2 heteroatoms. The molecule has 0 fully saturated rings. The first kappa shape index (κ1) is 10.2. The second-order valence-electron chi connectivity index (χ2n) is 3.17. The first-order valence-corrected chi connectivity index (χ1v) is 4.64. The number of hydrogen-bond donors (Lipinski definition) is 2. The summed E-state index contributed by atoms with van der Waals surface area (Å²) in [4.78, 5) is 0. The molecule has 2 nitrogen and oxygen atoms in total. The molecule has 1 aromatic carbocycles. The van der Waals surface area contributed by atoms with Crippen molar-refractivity contribution in [2.24, 2.45) is 0 Å². The van der Waals surface area contributed by atoms with Crippen LogP contribution in [0.3, 0.4) is 0 Å². The van der Waals surface area contributed by atoms with Gasteiger partial charge in [-0.25, -0.2) is 0 Å². The lowest BCUT2D eigenvalue weighted by molar-refractivity contribution is 0.260. The van der Waals surface area contributed by atoms with Crippen molar-refractivity contribution in [2.45, 2.75) is 33.0 Å². The van der Waals surface area contributed by atoms with Gasteiger partial charge in [-0.3, -0.25) is 0 Å². The highest BCUT2D eigenvalue weighted by atomic mass is 16.3. The van der Waals surface area contributed by atoms with E-state index >= 15 is 0 Å². The summed E-state index contributed by atoms with van der Waals surface area (Å²) in [6, 6.07) is 5.86. The van der Waals surface area contributed by atoms with E-state index in [4.69, 9.17) is 10.2 Å². The fourth-order valence-corrected chi connectivity index (χ4v) is 1.42. The molecule has 0 unspecified atom stereocenters. The summed E-state index contributed by atoms with van der Waals surface area (Å²) >= 11 is 0. The van der Waals surface area contributed by atoms with Gasteiger partial charge in [0.1, 0.15) is 0 Å². The third-order valence-electron chi connectivity index (χ3n) is 2.15. The van der Waals surface area contributed by atoms with Crippen molar-refractivity contribution in [1.29, 1.82) is 0 Å². The van der Waals surface area contributed by atoms with Crippen LogP contribution in [-0.4, -0.2) is 10.2 Å². The maximum absolute atomic E-state index is 9.03. The summed E-state index contributed by atoms with van der Waals surface area (Å²) in [6.07, 6.45) is 2.13. The summed E-state index contributed by atoms with van der Waals surface area (Å²) in [5, 5.41) is 18.0. The minimum absolute atomic E-state index is 0.00228. The van der Waals surface area contributed by atoms with Gasteiger partial charge in [0.25, 0.3) is 0 Å². The number of aliphatic hydroxyl groups is 2. The van der Waals surface area contributed by atoms with Crippen LogP contribution in [0.2, 0.25) is 0 Å². The Labute approximate surface area is 78.8 Å². The number of aryl methyl sites for hydroxylation is 1. The maximum Gasteiger partial charge on any atom is 0.0685 e. The third kappa shape index (κ3) is 2.54.